The smallest absolute Gasteiger partial charge is 0.234 e. The highest BCUT2D eigenvalue weighted by atomic mass is 32.1. The average molecular weight is 315 g/mol. The summed E-state index contributed by atoms with van der Waals surface area (Å²) in [6.07, 6.45) is 3.75. The fourth-order valence-electron chi connectivity index (χ4n) is 2.92. The standard InChI is InChI=1S/C17H21N3OS/c21-16(18-8-6-17-19-9-11-22-17)13-20-10-7-15(12-20)14-4-2-1-3-5-14/h1-5,9,11,15H,6-8,10,12-13H2,(H,18,21)/t15-/m0/s1. The first-order valence-corrected chi connectivity index (χ1v) is 8.61. The van der Waals surface area contributed by atoms with Gasteiger partial charge in [-0.05, 0) is 24.4 Å². The summed E-state index contributed by atoms with van der Waals surface area (Å²) in [7, 11) is 0. The first kappa shape index (κ1) is 15.2. The van der Waals surface area contributed by atoms with Crippen molar-refractivity contribution in [2.75, 3.05) is 26.2 Å². The van der Waals surface area contributed by atoms with E-state index in [0.29, 0.717) is 19.0 Å². The Hall–Kier alpha value is -1.72. The molecule has 5 heteroatoms. The molecule has 4 nitrogen and oxygen atoms in total. The molecule has 2 heterocycles. The minimum atomic E-state index is 0.116. The van der Waals surface area contributed by atoms with Crippen molar-refractivity contribution in [1.82, 2.24) is 15.2 Å². The van der Waals surface area contributed by atoms with Crippen LogP contribution in [0.5, 0.6) is 0 Å². The molecule has 1 fully saturated rings. The summed E-state index contributed by atoms with van der Waals surface area (Å²) in [5.41, 5.74) is 1.38. The third-order valence-electron chi connectivity index (χ3n) is 4.06. The van der Waals surface area contributed by atoms with E-state index in [2.05, 4.69) is 39.5 Å². The number of aromatic nitrogens is 1. The number of hydrogen-bond acceptors (Lipinski definition) is 4. The molecule has 1 aliphatic heterocycles. The molecule has 0 aliphatic carbocycles. The Balaban J connectivity index is 1.39. The van der Waals surface area contributed by atoms with Gasteiger partial charge in [-0.3, -0.25) is 9.69 Å². The van der Waals surface area contributed by atoms with Crippen molar-refractivity contribution < 1.29 is 4.79 Å². The molecule has 1 saturated heterocycles. The molecule has 3 rings (SSSR count). The van der Waals surface area contributed by atoms with Gasteiger partial charge in [-0.15, -0.1) is 11.3 Å². The van der Waals surface area contributed by atoms with Crippen molar-refractivity contribution in [3.05, 3.63) is 52.5 Å². The molecule has 1 aromatic carbocycles. The predicted octanol–water partition coefficient (Wildman–Crippen LogP) is 2.29. The maximum Gasteiger partial charge on any atom is 0.234 e. The Morgan fingerprint density at radius 2 is 2.23 bits per heavy atom. The second-order valence-electron chi connectivity index (χ2n) is 5.66. The minimum Gasteiger partial charge on any atom is -0.355 e. The van der Waals surface area contributed by atoms with E-state index in [0.717, 1.165) is 30.9 Å². The summed E-state index contributed by atoms with van der Waals surface area (Å²) in [6, 6.07) is 10.6. The van der Waals surface area contributed by atoms with Gasteiger partial charge in [0, 0.05) is 31.1 Å². The number of carbonyl (C=O) groups is 1. The lowest BCUT2D eigenvalue weighted by Gasteiger charge is -2.15. The zero-order valence-electron chi connectivity index (χ0n) is 12.6. The SMILES string of the molecule is O=C(CN1CC[C@H](c2ccccc2)C1)NCCc1nccs1. The Labute approximate surface area is 135 Å². The molecular formula is C17H21N3OS. The molecule has 1 N–H and O–H groups in total. The number of hydrogen-bond donors (Lipinski definition) is 1. The third kappa shape index (κ3) is 4.15. The van der Waals surface area contributed by atoms with Crippen molar-refractivity contribution in [3.63, 3.8) is 0 Å². The molecule has 22 heavy (non-hydrogen) atoms. The van der Waals surface area contributed by atoms with Crippen molar-refractivity contribution >= 4 is 17.2 Å². The maximum absolute atomic E-state index is 12.0. The lowest BCUT2D eigenvalue weighted by Crippen LogP contribution is -2.36. The number of nitrogens with one attached hydrogen (secondary N) is 1. The zero-order valence-corrected chi connectivity index (χ0v) is 13.4. The summed E-state index contributed by atoms with van der Waals surface area (Å²) in [5, 5.41) is 6.03. The van der Waals surface area contributed by atoms with E-state index in [-0.39, 0.29) is 5.91 Å². The van der Waals surface area contributed by atoms with Crippen molar-refractivity contribution in [2.24, 2.45) is 0 Å². The van der Waals surface area contributed by atoms with Crippen LogP contribution in [-0.2, 0) is 11.2 Å². The minimum absolute atomic E-state index is 0.116. The normalized spacial score (nSPS) is 18.5. The van der Waals surface area contributed by atoms with E-state index in [1.807, 2.05) is 11.4 Å². The number of likely N-dealkylation sites (tertiary alicyclic amines) is 1. The van der Waals surface area contributed by atoms with Crippen LogP contribution in [0.3, 0.4) is 0 Å². The number of carbonyl (C=O) groups excluding carboxylic acids is 1. The molecule has 0 radical (unpaired) electrons. The lowest BCUT2D eigenvalue weighted by atomic mass is 9.99. The Kier molecular flexibility index (Phi) is 5.19. The van der Waals surface area contributed by atoms with Gasteiger partial charge in [0.15, 0.2) is 0 Å². The maximum atomic E-state index is 12.0. The van der Waals surface area contributed by atoms with Crippen LogP contribution >= 0.6 is 11.3 Å². The fourth-order valence-corrected chi connectivity index (χ4v) is 3.54. The predicted molar refractivity (Wildman–Crippen MR) is 89.1 cm³/mol. The van der Waals surface area contributed by atoms with Gasteiger partial charge in [-0.2, -0.15) is 0 Å². The Morgan fingerprint density at radius 3 is 3.00 bits per heavy atom. The van der Waals surface area contributed by atoms with Crippen LogP contribution in [0.15, 0.2) is 41.9 Å². The van der Waals surface area contributed by atoms with Gasteiger partial charge >= 0.3 is 0 Å². The quantitative estimate of drug-likeness (QED) is 0.889. The van der Waals surface area contributed by atoms with Gasteiger partial charge in [0.2, 0.25) is 5.91 Å². The van der Waals surface area contributed by atoms with Crippen LogP contribution in [0.2, 0.25) is 0 Å². The number of rotatable bonds is 6. The van der Waals surface area contributed by atoms with Gasteiger partial charge in [-0.1, -0.05) is 30.3 Å². The molecule has 0 spiro atoms. The van der Waals surface area contributed by atoms with E-state index < -0.39 is 0 Å². The van der Waals surface area contributed by atoms with Crippen molar-refractivity contribution in [1.29, 1.82) is 0 Å². The summed E-state index contributed by atoms with van der Waals surface area (Å²) in [6.45, 7) is 3.15. The van der Waals surface area contributed by atoms with Crippen LogP contribution in [0.25, 0.3) is 0 Å². The van der Waals surface area contributed by atoms with Crippen LogP contribution in [0.4, 0.5) is 0 Å². The van der Waals surface area contributed by atoms with Crippen LogP contribution < -0.4 is 5.32 Å². The molecule has 116 valence electrons. The van der Waals surface area contributed by atoms with E-state index in [1.165, 1.54) is 5.56 Å². The van der Waals surface area contributed by atoms with E-state index >= 15 is 0 Å². The van der Waals surface area contributed by atoms with Crippen LogP contribution in [-0.4, -0.2) is 42.0 Å². The Morgan fingerprint density at radius 1 is 1.36 bits per heavy atom. The first-order valence-electron chi connectivity index (χ1n) is 7.73. The topological polar surface area (TPSA) is 45.2 Å². The largest absolute Gasteiger partial charge is 0.355 e. The molecule has 1 aromatic heterocycles. The molecule has 1 amide bonds. The number of nitrogens with zero attached hydrogens (tertiary/aromatic N) is 2. The zero-order chi connectivity index (χ0) is 15.2. The van der Waals surface area contributed by atoms with Gasteiger partial charge < -0.3 is 5.32 Å². The number of benzene rings is 1. The van der Waals surface area contributed by atoms with Crippen LogP contribution in [0, 0.1) is 0 Å². The van der Waals surface area contributed by atoms with E-state index in [9.17, 15) is 4.79 Å². The number of amides is 1. The van der Waals surface area contributed by atoms with Gasteiger partial charge in [0.25, 0.3) is 0 Å². The molecule has 1 atom stereocenters. The summed E-state index contributed by atoms with van der Waals surface area (Å²) >= 11 is 1.63. The molecule has 2 aromatic rings. The number of thiazole rings is 1. The molecule has 0 bridgehead atoms. The van der Waals surface area contributed by atoms with Gasteiger partial charge in [0.05, 0.1) is 11.6 Å². The van der Waals surface area contributed by atoms with Crippen LogP contribution in [0.1, 0.15) is 22.9 Å². The third-order valence-corrected chi connectivity index (χ3v) is 4.89. The summed E-state index contributed by atoms with van der Waals surface area (Å²) in [5.74, 6) is 0.676. The molecule has 0 saturated carbocycles. The van der Waals surface area contributed by atoms with E-state index in [1.54, 1.807) is 17.5 Å². The summed E-state index contributed by atoms with van der Waals surface area (Å²) in [4.78, 5) is 18.5. The Bertz CT molecular complexity index is 585. The highest BCUT2D eigenvalue weighted by Gasteiger charge is 2.24. The average Bonchev–Trinajstić information content (AvgIpc) is 3.20. The first-order chi connectivity index (χ1) is 10.8. The lowest BCUT2D eigenvalue weighted by molar-refractivity contribution is -0.121. The fraction of sp³-hybridized carbons (Fsp3) is 0.412. The van der Waals surface area contributed by atoms with Gasteiger partial charge in [-0.25, -0.2) is 4.98 Å². The second kappa shape index (κ2) is 7.51. The van der Waals surface area contributed by atoms with Crippen molar-refractivity contribution in [2.45, 2.75) is 18.8 Å². The monoisotopic (exact) mass is 315 g/mol. The molecule has 1 aliphatic rings. The molecule has 0 unspecified atom stereocenters. The summed E-state index contributed by atoms with van der Waals surface area (Å²) < 4.78 is 0. The van der Waals surface area contributed by atoms with Crippen molar-refractivity contribution in [3.8, 4) is 0 Å². The molecular weight excluding hydrogens is 294 g/mol. The van der Waals surface area contributed by atoms with Gasteiger partial charge in [0.1, 0.15) is 0 Å². The second-order valence-corrected chi connectivity index (χ2v) is 6.64. The van der Waals surface area contributed by atoms with E-state index in [4.69, 9.17) is 0 Å². The highest BCUT2D eigenvalue weighted by Crippen LogP contribution is 2.26. The highest BCUT2D eigenvalue weighted by molar-refractivity contribution is 7.09.